The molecular weight excluding hydrogens is 270 g/mol. The summed E-state index contributed by atoms with van der Waals surface area (Å²) >= 11 is 0. The number of amides is 2. The van der Waals surface area contributed by atoms with Gasteiger partial charge in [-0.25, -0.2) is 0 Å². The molecule has 2 amide bonds. The predicted molar refractivity (Wildman–Crippen MR) is 76.3 cm³/mol. The fourth-order valence-electron chi connectivity index (χ4n) is 1.67. The molecule has 1 aromatic carbocycles. The topological polar surface area (TPSA) is 80.3 Å². The number of hydrazine groups is 1. The summed E-state index contributed by atoms with van der Waals surface area (Å²) in [6.07, 6.45) is 2.98. The van der Waals surface area contributed by atoms with Crippen LogP contribution in [-0.4, -0.2) is 23.9 Å². The Labute approximate surface area is 122 Å². The van der Waals surface area contributed by atoms with Crippen molar-refractivity contribution in [3.63, 3.8) is 0 Å². The van der Waals surface area contributed by atoms with Crippen molar-refractivity contribution in [3.05, 3.63) is 65.5 Å². The standard InChI is InChI=1S/C15H15N3O3/c1-21-10-11-4-6-12(7-5-11)14(19)17-18-15(20)13-3-2-8-16-9-13/h2-9H,10H2,1H3,(H,17,19)(H,18,20). The van der Waals surface area contributed by atoms with Crippen LogP contribution < -0.4 is 10.9 Å². The molecule has 0 fully saturated rings. The van der Waals surface area contributed by atoms with Crippen molar-refractivity contribution < 1.29 is 14.3 Å². The van der Waals surface area contributed by atoms with Crippen molar-refractivity contribution in [2.75, 3.05) is 7.11 Å². The predicted octanol–water partition coefficient (Wildman–Crippen LogP) is 1.30. The molecular formula is C15H15N3O3. The van der Waals surface area contributed by atoms with Gasteiger partial charge in [-0.1, -0.05) is 12.1 Å². The number of nitrogens with one attached hydrogen (secondary N) is 2. The molecule has 0 saturated heterocycles. The minimum atomic E-state index is -0.424. The quantitative estimate of drug-likeness (QED) is 0.830. The van der Waals surface area contributed by atoms with Gasteiger partial charge in [0.1, 0.15) is 0 Å². The highest BCUT2D eigenvalue weighted by Gasteiger charge is 2.08. The maximum atomic E-state index is 11.9. The molecule has 2 aromatic rings. The van der Waals surface area contributed by atoms with Crippen molar-refractivity contribution in [1.29, 1.82) is 0 Å². The Kier molecular flexibility index (Phi) is 5.00. The van der Waals surface area contributed by atoms with Crippen LogP contribution in [0, 0.1) is 0 Å². The number of hydrogen-bond donors (Lipinski definition) is 2. The second-order valence-electron chi connectivity index (χ2n) is 4.28. The van der Waals surface area contributed by atoms with E-state index in [2.05, 4.69) is 15.8 Å². The molecule has 6 nitrogen and oxygen atoms in total. The number of pyridine rings is 1. The minimum Gasteiger partial charge on any atom is -0.380 e. The van der Waals surface area contributed by atoms with Crippen LogP contribution in [0.25, 0.3) is 0 Å². The lowest BCUT2D eigenvalue weighted by molar-refractivity contribution is 0.0846. The molecule has 108 valence electrons. The molecule has 0 unspecified atom stereocenters. The Morgan fingerprint density at radius 2 is 1.71 bits per heavy atom. The second-order valence-corrected chi connectivity index (χ2v) is 4.28. The lowest BCUT2D eigenvalue weighted by Crippen LogP contribution is -2.41. The molecule has 0 aliphatic rings. The summed E-state index contributed by atoms with van der Waals surface area (Å²) in [4.78, 5) is 27.4. The van der Waals surface area contributed by atoms with Crippen LogP contribution in [0.3, 0.4) is 0 Å². The monoisotopic (exact) mass is 285 g/mol. The van der Waals surface area contributed by atoms with Crippen molar-refractivity contribution in [2.24, 2.45) is 0 Å². The summed E-state index contributed by atoms with van der Waals surface area (Å²) in [6.45, 7) is 0.486. The molecule has 2 N–H and O–H groups in total. The van der Waals surface area contributed by atoms with Crippen molar-refractivity contribution in [3.8, 4) is 0 Å². The molecule has 0 aliphatic heterocycles. The largest absolute Gasteiger partial charge is 0.380 e. The van der Waals surface area contributed by atoms with Crippen molar-refractivity contribution >= 4 is 11.8 Å². The molecule has 1 aromatic heterocycles. The molecule has 6 heteroatoms. The van der Waals surface area contributed by atoms with Gasteiger partial charge in [-0.3, -0.25) is 25.4 Å². The van der Waals surface area contributed by atoms with Gasteiger partial charge in [0.2, 0.25) is 0 Å². The molecule has 0 spiro atoms. The molecule has 0 atom stereocenters. The van der Waals surface area contributed by atoms with Crippen LogP contribution in [-0.2, 0) is 11.3 Å². The van der Waals surface area contributed by atoms with E-state index in [0.717, 1.165) is 5.56 Å². The van der Waals surface area contributed by atoms with E-state index >= 15 is 0 Å². The van der Waals surface area contributed by atoms with Crippen LogP contribution in [0.1, 0.15) is 26.3 Å². The Balaban J connectivity index is 1.91. The van der Waals surface area contributed by atoms with E-state index in [0.29, 0.717) is 17.7 Å². The molecule has 0 aliphatic carbocycles. The Hall–Kier alpha value is -2.73. The van der Waals surface area contributed by atoms with E-state index in [1.165, 1.54) is 6.20 Å². The van der Waals surface area contributed by atoms with Gasteiger partial charge in [-0.05, 0) is 29.8 Å². The van der Waals surface area contributed by atoms with Gasteiger partial charge in [-0.15, -0.1) is 0 Å². The third kappa shape index (κ3) is 4.12. The van der Waals surface area contributed by atoms with Crippen LogP contribution >= 0.6 is 0 Å². The zero-order valence-electron chi connectivity index (χ0n) is 11.5. The Bertz CT molecular complexity index is 612. The summed E-state index contributed by atoms with van der Waals surface area (Å²) in [5.74, 6) is -0.816. The summed E-state index contributed by atoms with van der Waals surface area (Å²) in [5.41, 5.74) is 6.47. The van der Waals surface area contributed by atoms with Crippen LogP contribution in [0.4, 0.5) is 0 Å². The lowest BCUT2D eigenvalue weighted by atomic mass is 10.1. The molecule has 0 bridgehead atoms. The molecule has 2 rings (SSSR count). The summed E-state index contributed by atoms with van der Waals surface area (Å²) < 4.78 is 4.99. The maximum absolute atomic E-state index is 11.9. The molecule has 1 heterocycles. The van der Waals surface area contributed by atoms with Gasteiger partial charge in [-0.2, -0.15) is 0 Å². The number of methoxy groups -OCH3 is 1. The number of carbonyl (C=O) groups excluding carboxylic acids is 2. The number of nitrogens with zero attached hydrogens (tertiary/aromatic N) is 1. The average Bonchev–Trinajstić information content (AvgIpc) is 2.54. The summed E-state index contributed by atoms with van der Waals surface area (Å²) in [5, 5.41) is 0. The molecule has 0 saturated carbocycles. The second kappa shape index (κ2) is 7.16. The third-order valence-electron chi connectivity index (χ3n) is 2.74. The Morgan fingerprint density at radius 1 is 1.05 bits per heavy atom. The van der Waals surface area contributed by atoms with Gasteiger partial charge in [0.25, 0.3) is 11.8 Å². The fourth-order valence-corrected chi connectivity index (χ4v) is 1.67. The SMILES string of the molecule is COCc1ccc(C(=O)NNC(=O)c2cccnc2)cc1. The van der Waals surface area contributed by atoms with E-state index in [9.17, 15) is 9.59 Å². The van der Waals surface area contributed by atoms with E-state index in [1.54, 1.807) is 49.7 Å². The van der Waals surface area contributed by atoms with Crippen LogP contribution in [0.5, 0.6) is 0 Å². The zero-order valence-corrected chi connectivity index (χ0v) is 11.5. The smallest absolute Gasteiger partial charge is 0.271 e. The lowest BCUT2D eigenvalue weighted by Gasteiger charge is -2.07. The van der Waals surface area contributed by atoms with Crippen molar-refractivity contribution in [2.45, 2.75) is 6.61 Å². The number of benzene rings is 1. The first kappa shape index (κ1) is 14.7. The van der Waals surface area contributed by atoms with E-state index < -0.39 is 11.8 Å². The highest BCUT2D eigenvalue weighted by Crippen LogP contribution is 2.05. The van der Waals surface area contributed by atoms with Gasteiger partial charge in [0.05, 0.1) is 12.2 Å². The van der Waals surface area contributed by atoms with Crippen molar-refractivity contribution in [1.82, 2.24) is 15.8 Å². The van der Waals surface area contributed by atoms with Crippen LogP contribution in [0.15, 0.2) is 48.8 Å². The fraction of sp³-hybridized carbons (Fsp3) is 0.133. The normalized spacial score (nSPS) is 9.95. The first-order valence-electron chi connectivity index (χ1n) is 6.29. The highest BCUT2D eigenvalue weighted by atomic mass is 16.5. The van der Waals surface area contributed by atoms with Gasteiger partial charge < -0.3 is 4.74 Å². The number of rotatable bonds is 4. The first-order chi connectivity index (χ1) is 10.2. The van der Waals surface area contributed by atoms with E-state index in [1.807, 2.05) is 0 Å². The van der Waals surface area contributed by atoms with Gasteiger partial charge >= 0.3 is 0 Å². The first-order valence-corrected chi connectivity index (χ1v) is 6.29. The highest BCUT2D eigenvalue weighted by molar-refractivity contribution is 5.98. The van der Waals surface area contributed by atoms with Crippen LogP contribution in [0.2, 0.25) is 0 Å². The van der Waals surface area contributed by atoms with E-state index in [4.69, 9.17) is 4.74 Å². The molecule has 0 radical (unpaired) electrons. The van der Waals surface area contributed by atoms with E-state index in [-0.39, 0.29) is 0 Å². The zero-order chi connectivity index (χ0) is 15.1. The number of carbonyl (C=O) groups is 2. The third-order valence-corrected chi connectivity index (χ3v) is 2.74. The number of aromatic nitrogens is 1. The van der Waals surface area contributed by atoms with Gasteiger partial charge in [0, 0.05) is 25.1 Å². The molecule has 21 heavy (non-hydrogen) atoms. The number of hydrogen-bond acceptors (Lipinski definition) is 4. The number of ether oxygens (including phenoxy) is 1. The summed E-state index contributed by atoms with van der Waals surface area (Å²) in [6, 6.07) is 10.2. The summed E-state index contributed by atoms with van der Waals surface area (Å²) in [7, 11) is 1.61. The average molecular weight is 285 g/mol. The Morgan fingerprint density at radius 3 is 2.29 bits per heavy atom. The minimum absolute atomic E-state index is 0.369. The van der Waals surface area contributed by atoms with Gasteiger partial charge in [0.15, 0.2) is 0 Å². The maximum Gasteiger partial charge on any atom is 0.271 e.